The van der Waals surface area contributed by atoms with Gasteiger partial charge < -0.3 is 10.2 Å². The lowest BCUT2D eigenvalue weighted by molar-refractivity contribution is -0.284. The van der Waals surface area contributed by atoms with E-state index in [9.17, 15) is 40.6 Å². The van der Waals surface area contributed by atoms with Crippen LogP contribution in [0.2, 0.25) is 0 Å². The van der Waals surface area contributed by atoms with E-state index in [0.29, 0.717) is 41.6 Å². The number of fused-ring (bicyclic) bond motifs is 5. The minimum Gasteiger partial charge on any atom is -0.508 e. The first-order chi connectivity index (χ1) is 24.7. The third-order valence-corrected chi connectivity index (χ3v) is 15.8. The Morgan fingerprint density at radius 3 is 1.81 bits per heavy atom. The maximum atomic E-state index is 12.9. The van der Waals surface area contributed by atoms with Crippen LogP contribution >= 0.6 is 0 Å². The van der Waals surface area contributed by atoms with Crippen molar-refractivity contribution in [3.8, 4) is 5.75 Å². The fourth-order valence-corrected chi connectivity index (χ4v) is 12.2. The Morgan fingerprint density at radius 1 is 0.731 bits per heavy atom. The molecule has 11 heteroatoms. The van der Waals surface area contributed by atoms with Gasteiger partial charge in [-0.05, 0) is 117 Å². The topological polar surface area (TPSA) is 74.6 Å². The molecule has 300 valence electrons. The van der Waals surface area contributed by atoms with Crippen LogP contribution in [-0.4, -0.2) is 59.8 Å². The van der Waals surface area contributed by atoms with Gasteiger partial charge in [-0.15, -0.1) is 0 Å². The molecule has 0 radical (unpaired) electrons. The molecule has 0 aliphatic heterocycles. The molecule has 52 heavy (non-hydrogen) atoms. The van der Waals surface area contributed by atoms with E-state index in [2.05, 4.69) is 13.0 Å². The largest absolute Gasteiger partial charge is 0.508 e. The molecule has 0 unspecified atom stereocenters. The van der Waals surface area contributed by atoms with Gasteiger partial charge in [0.2, 0.25) is 0 Å². The second-order valence-electron chi connectivity index (χ2n) is 16.5. The summed E-state index contributed by atoms with van der Waals surface area (Å²) in [7, 11) is -2.13. The lowest BCUT2D eigenvalue weighted by Crippen LogP contribution is -2.47. The number of rotatable bonds is 24. The van der Waals surface area contributed by atoms with Crippen LogP contribution in [0.15, 0.2) is 18.2 Å². The van der Waals surface area contributed by atoms with E-state index in [4.69, 9.17) is 0 Å². The van der Waals surface area contributed by atoms with Crippen molar-refractivity contribution in [1.29, 1.82) is 0 Å². The Labute approximate surface area is 314 Å². The van der Waals surface area contributed by atoms with Crippen LogP contribution in [0, 0.1) is 23.2 Å². The summed E-state index contributed by atoms with van der Waals surface area (Å²) in [5.41, 5.74) is 2.85. The molecule has 0 aromatic heterocycles. The van der Waals surface area contributed by atoms with Gasteiger partial charge in [0.15, 0.2) is 0 Å². The van der Waals surface area contributed by atoms with Crippen molar-refractivity contribution in [3.63, 3.8) is 0 Å². The van der Waals surface area contributed by atoms with Gasteiger partial charge >= 0.3 is 12.1 Å². The van der Waals surface area contributed by atoms with Crippen molar-refractivity contribution >= 4 is 21.6 Å². The van der Waals surface area contributed by atoms with Crippen LogP contribution in [0.1, 0.15) is 159 Å². The van der Waals surface area contributed by atoms with Gasteiger partial charge in [0.1, 0.15) is 5.75 Å². The van der Waals surface area contributed by atoms with E-state index in [1.165, 1.54) is 49.7 Å². The Hall–Kier alpha value is -1.07. The number of aromatic hydroxyl groups is 1. The van der Waals surface area contributed by atoms with Gasteiger partial charge in [0.05, 0.1) is 6.10 Å². The maximum absolute atomic E-state index is 12.9. The smallest absolute Gasteiger partial charge is 0.453 e. The second kappa shape index (κ2) is 20.7. The molecule has 2 N–H and O–H groups in total. The molecule has 3 aliphatic rings. The van der Waals surface area contributed by atoms with Gasteiger partial charge in [-0.25, -0.2) is 0 Å². The summed E-state index contributed by atoms with van der Waals surface area (Å²) < 4.78 is 86.8. The van der Waals surface area contributed by atoms with Gasteiger partial charge in [0.25, 0.3) is 0 Å². The number of benzene rings is 1. The second-order valence-corrected chi connectivity index (χ2v) is 19.9. The normalized spacial score (nSPS) is 27.2. The van der Waals surface area contributed by atoms with Gasteiger partial charge in [-0.3, -0.25) is 8.42 Å². The standard InChI is InChI=1S/C41H65F5O4S2/c1-39-24-22-35-34-19-18-33(47)30-32(34)29-31(38(35)36(39)20-21-37(39)48)17-12-8-4-2-5-9-13-25-51(49)26-14-10-6-3-7-11-15-27-52(50)28-16-23-40(42,43)41(44,45)46/h18-19,30-31,35-38,47-48H,2-17,20-29H2,1H3/t31-,35+,36-,37-,38+,39-,51+,52+/m0/s1. The molecule has 0 saturated heterocycles. The van der Waals surface area contributed by atoms with Gasteiger partial charge in [-0.2, -0.15) is 22.0 Å². The molecular formula is C41H65F5O4S2. The third kappa shape index (κ3) is 12.5. The first kappa shape index (κ1) is 43.7. The van der Waals surface area contributed by atoms with Crippen LogP contribution in [0.4, 0.5) is 22.0 Å². The zero-order valence-electron chi connectivity index (χ0n) is 31.4. The number of phenols is 1. The molecular weight excluding hydrogens is 716 g/mol. The fourth-order valence-electron chi connectivity index (χ4n) is 9.80. The van der Waals surface area contributed by atoms with E-state index in [1.807, 2.05) is 12.1 Å². The summed E-state index contributed by atoms with van der Waals surface area (Å²) in [4.78, 5) is 0. The van der Waals surface area contributed by atoms with E-state index in [0.717, 1.165) is 95.0 Å². The lowest BCUT2D eigenvalue weighted by Gasteiger charge is -2.53. The quantitative estimate of drug-likeness (QED) is 0.0809. The highest BCUT2D eigenvalue weighted by molar-refractivity contribution is 7.85. The molecule has 4 nitrogen and oxygen atoms in total. The van der Waals surface area contributed by atoms with Crippen molar-refractivity contribution in [2.45, 2.75) is 172 Å². The number of hydrogen-bond donors (Lipinski definition) is 2. The van der Waals surface area contributed by atoms with Crippen LogP contribution in [-0.2, 0) is 28.0 Å². The van der Waals surface area contributed by atoms with Crippen LogP contribution < -0.4 is 0 Å². The number of phenolic OH excluding ortho intramolecular Hbond substituents is 1. The van der Waals surface area contributed by atoms with E-state index in [1.54, 1.807) is 0 Å². The Morgan fingerprint density at radius 2 is 1.25 bits per heavy atom. The van der Waals surface area contributed by atoms with Crippen LogP contribution in [0.3, 0.4) is 0 Å². The fraction of sp³-hybridized carbons (Fsp3) is 0.854. The Kier molecular flexibility index (Phi) is 17.4. The molecule has 0 bridgehead atoms. The highest BCUT2D eigenvalue weighted by atomic mass is 32.2. The average molecular weight is 781 g/mol. The van der Waals surface area contributed by atoms with Gasteiger partial charge in [-0.1, -0.05) is 83.6 Å². The summed E-state index contributed by atoms with van der Waals surface area (Å²) in [6, 6.07) is 6.03. The zero-order chi connectivity index (χ0) is 37.8. The monoisotopic (exact) mass is 780 g/mol. The molecule has 1 aromatic carbocycles. The number of unbranched alkanes of at least 4 members (excludes halogenated alkanes) is 12. The first-order valence-corrected chi connectivity index (χ1v) is 23.3. The molecule has 8 atom stereocenters. The minimum atomic E-state index is -5.55. The molecule has 3 aliphatic carbocycles. The zero-order valence-corrected chi connectivity index (χ0v) is 33.1. The summed E-state index contributed by atoms with van der Waals surface area (Å²) in [5, 5.41) is 21.1. The summed E-state index contributed by atoms with van der Waals surface area (Å²) in [6.45, 7) is 2.34. The van der Waals surface area contributed by atoms with Crippen molar-refractivity contribution in [1.82, 2.24) is 0 Å². The molecule has 2 fully saturated rings. The first-order valence-electron chi connectivity index (χ1n) is 20.4. The third-order valence-electron chi connectivity index (χ3n) is 12.8. The van der Waals surface area contributed by atoms with Crippen molar-refractivity contribution in [2.24, 2.45) is 23.2 Å². The van der Waals surface area contributed by atoms with Crippen molar-refractivity contribution < 1.29 is 40.6 Å². The van der Waals surface area contributed by atoms with E-state index >= 15 is 0 Å². The number of alkyl halides is 5. The molecule has 2 saturated carbocycles. The van der Waals surface area contributed by atoms with Crippen molar-refractivity contribution in [2.75, 3.05) is 23.0 Å². The molecule has 4 rings (SSSR count). The summed E-state index contributed by atoms with van der Waals surface area (Å²) in [5.74, 6) is -0.187. The highest BCUT2D eigenvalue weighted by Crippen LogP contribution is 2.62. The molecule has 0 heterocycles. The minimum absolute atomic E-state index is 0.0551. The predicted molar refractivity (Wildman–Crippen MR) is 203 cm³/mol. The number of aliphatic hydroxyl groups excluding tert-OH is 1. The molecule has 0 amide bonds. The highest BCUT2D eigenvalue weighted by Gasteiger charge is 2.57. The lowest BCUT2D eigenvalue weighted by atomic mass is 9.52. The van der Waals surface area contributed by atoms with Crippen molar-refractivity contribution in [3.05, 3.63) is 29.3 Å². The van der Waals surface area contributed by atoms with E-state index in [-0.39, 0.29) is 17.3 Å². The summed E-state index contributed by atoms with van der Waals surface area (Å²) in [6.07, 6.45) is 14.0. The maximum Gasteiger partial charge on any atom is 0.453 e. The SMILES string of the molecule is C[C@]12CC[C@@H]3c4ccc(O)cc4C[C@H](CCCCCCCCC[S@@](=O)CCCCCCCCC[S@@](=O)CCCC(F)(F)C(F)(F)F)[C@H]3[C@@H]1CC[C@@H]2O. The Bertz CT molecular complexity index is 1280. The Balaban J connectivity index is 0.971. The average Bonchev–Trinajstić information content (AvgIpc) is 3.39. The molecule has 1 aromatic rings. The van der Waals surface area contributed by atoms with Gasteiger partial charge in [0, 0.05) is 51.0 Å². The number of aliphatic hydroxyl groups is 1. The number of halogens is 5. The summed E-state index contributed by atoms with van der Waals surface area (Å²) >= 11 is 0. The predicted octanol–water partition coefficient (Wildman–Crippen LogP) is 11.2. The molecule has 0 spiro atoms. The van der Waals surface area contributed by atoms with Crippen LogP contribution in [0.5, 0.6) is 5.75 Å². The van der Waals surface area contributed by atoms with E-state index < -0.39 is 46.5 Å². The van der Waals surface area contributed by atoms with Crippen LogP contribution in [0.25, 0.3) is 0 Å². The number of hydrogen-bond acceptors (Lipinski definition) is 4.